The molecule has 1 aromatic heterocycles. The van der Waals surface area contributed by atoms with E-state index >= 15 is 0 Å². The Bertz CT molecular complexity index is 1140. The summed E-state index contributed by atoms with van der Waals surface area (Å²) in [7, 11) is -0.206. The van der Waals surface area contributed by atoms with Gasteiger partial charge in [-0.3, -0.25) is 4.31 Å². The summed E-state index contributed by atoms with van der Waals surface area (Å²) in [6.07, 6.45) is -2.79. The molecule has 3 aromatic rings. The van der Waals surface area contributed by atoms with E-state index in [0.29, 0.717) is 28.3 Å². The molecule has 0 radical (unpaired) electrons. The fourth-order valence-electron chi connectivity index (χ4n) is 2.92. The standard InChI is InChI=1S/C20H20F3N3O2S/c1-4-29(27,28)26(3)17-10-6-8-15(12-17)19-24-18(13-25(19)2)14-7-5-9-16(11-14)20(21,22)23/h5-13H,4H2,1-3H3. The largest absolute Gasteiger partial charge is 0.416 e. The lowest BCUT2D eigenvalue weighted by Gasteiger charge is -2.19. The molecule has 0 unspecified atom stereocenters. The summed E-state index contributed by atoms with van der Waals surface area (Å²) < 4.78 is 66.2. The van der Waals surface area contributed by atoms with Crippen molar-refractivity contribution in [1.29, 1.82) is 0 Å². The van der Waals surface area contributed by atoms with E-state index < -0.39 is 21.8 Å². The van der Waals surface area contributed by atoms with E-state index in [1.807, 2.05) is 0 Å². The molecule has 0 aliphatic rings. The van der Waals surface area contributed by atoms with Gasteiger partial charge in [-0.05, 0) is 31.2 Å². The van der Waals surface area contributed by atoms with Crippen molar-refractivity contribution < 1.29 is 21.6 Å². The van der Waals surface area contributed by atoms with Crippen LogP contribution in [0.15, 0.2) is 54.7 Å². The maximum Gasteiger partial charge on any atom is 0.416 e. The first-order chi connectivity index (χ1) is 13.5. The number of nitrogens with zero attached hydrogens (tertiary/aromatic N) is 3. The fourth-order valence-corrected chi connectivity index (χ4v) is 3.75. The number of rotatable bonds is 5. The molecule has 2 aromatic carbocycles. The lowest BCUT2D eigenvalue weighted by molar-refractivity contribution is -0.137. The molecule has 29 heavy (non-hydrogen) atoms. The van der Waals surface area contributed by atoms with Crippen LogP contribution in [-0.2, 0) is 23.2 Å². The molecule has 0 bridgehead atoms. The van der Waals surface area contributed by atoms with Crippen molar-refractivity contribution in [1.82, 2.24) is 9.55 Å². The van der Waals surface area contributed by atoms with Crippen LogP contribution in [0.3, 0.4) is 0 Å². The van der Waals surface area contributed by atoms with Crippen LogP contribution in [0.5, 0.6) is 0 Å². The molecular formula is C20H20F3N3O2S. The Morgan fingerprint density at radius 2 is 1.72 bits per heavy atom. The Hall–Kier alpha value is -2.81. The van der Waals surface area contributed by atoms with Crippen LogP contribution in [-0.4, -0.2) is 30.8 Å². The summed E-state index contributed by atoms with van der Waals surface area (Å²) in [6.45, 7) is 1.57. The van der Waals surface area contributed by atoms with Gasteiger partial charge in [-0.15, -0.1) is 0 Å². The first-order valence-corrected chi connectivity index (χ1v) is 10.4. The van der Waals surface area contributed by atoms with Crippen LogP contribution in [0.25, 0.3) is 22.6 Å². The third kappa shape index (κ3) is 4.29. The summed E-state index contributed by atoms with van der Waals surface area (Å²) in [5.41, 5.74) is 1.14. The van der Waals surface area contributed by atoms with Gasteiger partial charge in [0.25, 0.3) is 0 Å². The minimum Gasteiger partial charge on any atom is -0.333 e. The van der Waals surface area contributed by atoms with E-state index in [0.717, 1.165) is 12.1 Å². The van der Waals surface area contributed by atoms with Crippen LogP contribution in [0.2, 0.25) is 0 Å². The monoisotopic (exact) mass is 423 g/mol. The molecule has 154 valence electrons. The van der Waals surface area contributed by atoms with Gasteiger partial charge >= 0.3 is 6.18 Å². The Kier molecular flexibility index (Phi) is 5.44. The zero-order chi connectivity index (χ0) is 21.4. The van der Waals surface area contributed by atoms with Gasteiger partial charge in [0.05, 0.1) is 22.7 Å². The number of anilines is 1. The van der Waals surface area contributed by atoms with Crippen LogP contribution < -0.4 is 4.31 Å². The number of alkyl halides is 3. The molecule has 9 heteroatoms. The quantitative estimate of drug-likeness (QED) is 0.605. The summed E-state index contributed by atoms with van der Waals surface area (Å²) in [5.74, 6) is 0.483. The molecule has 0 atom stereocenters. The lowest BCUT2D eigenvalue weighted by Crippen LogP contribution is -2.27. The number of hydrogen-bond acceptors (Lipinski definition) is 3. The number of benzene rings is 2. The molecule has 0 amide bonds. The van der Waals surface area contributed by atoms with Gasteiger partial charge in [-0.2, -0.15) is 13.2 Å². The van der Waals surface area contributed by atoms with Gasteiger partial charge in [0.15, 0.2) is 0 Å². The van der Waals surface area contributed by atoms with Gasteiger partial charge < -0.3 is 4.57 Å². The molecule has 0 aliphatic heterocycles. The maximum absolute atomic E-state index is 13.0. The third-order valence-electron chi connectivity index (χ3n) is 4.61. The summed E-state index contributed by atoms with van der Waals surface area (Å²) in [5, 5.41) is 0. The zero-order valence-corrected chi connectivity index (χ0v) is 16.9. The molecule has 3 rings (SSSR count). The van der Waals surface area contributed by atoms with E-state index in [1.165, 1.54) is 17.4 Å². The molecule has 0 saturated carbocycles. The Morgan fingerprint density at radius 1 is 1.07 bits per heavy atom. The number of sulfonamides is 1. The molecule has 0 spiro atoms. The SMILES string of the molecule is CCS(=O)(=O)N(C)c1cccc(-c2nc(-c3cccc(C(F)(F)F)c3)cn2C)c1. The highest BCUT2D eigenvalue weighted by Gasteiger charge is 2.30. The minimum absolute atomic E-state index is 0.0319. The molecule has 0 fully saturated rings. The third-order valence-corrected chi connectivity index (χ3v) is 6.39. The molecule has 5 nitrogen and oxygen atoms in total. The van der Waals surface area contributed by atoms with E-state index in [9.17, 15) is 21.6 Å². The van der Waals surface area contributed by atoms with Crippen LogP contribution in [0.1, 0.15) is 12.5 Å². The Labute approximate surface area is 167 Å². The summed E-state index contributed by atoms with van der Waals surface area (Å²) in [6, 6.07) is 11.8. The minimum atomic E-state index is -4.43. The van der Waals surface area contributed by atoms with Gasteiger partial charge in [0.2, 0.25) is 10.0 Å². The second-order valence-electron chi connectivity index (χ2n) is 6.56. The number of halogens is 3. The fraction of sp³-hybridized carbons (Fsp3) is 0.250. The number of imidazole rings is 1. The number of aromatic nitrogens is 2. The number of hydrogen-bond donors (Lipinski definition) is 0. The van der Waals surface area contributed by atoms with Crippen molar-refractivity contribution in [3.63, 3.8) is 0 Å². The van der Waals surface area contributed by atoms with E-state index in [4.69, 9.17) is 0 Å². The van der Waals surface area contributed by atoms with Gasteiger partial charge in [0.1, 0.15) is 5.82 Å². The highest BCUT2D eigenvalue weighted by atomic mass is 32.2. The average Bonchev–Trinajstić information content (AvgIpc) is 3.08. The molecular weight excluding hydrogens is 403 g/mol. The molecule has 0 N–H and O–H groups in total. The van der Waals surface area contributed by atoms with Crippen LogP contribution in [0.4, 0.5) is 18.9 Å². The van der Waals surface area contributed by atoms with Crippen molar-refractivity contribution in [2.45, 2.75) is 13.1 Å². The smallest absolute Gasteiger partial charge is 0.333 e. The molecule has 0 saturated heterocycles. The van der Waals surface area contributed by atoms with Gasteiger partial charge in [-0.25, -0.2) is 13.4 Å². The zero-order valence-electron chi connectivity index (χ0n) is 16.1. The van der Waals surface area contributed by atoms with Crippen molar-refractivity contribution in [2.24, 2.45) is 7.05 Å². The first kappa shape index (κ1) is 20.9. The van der Waals surface area contributed by atoms with Crippen molar-refractivity contribution in [3.8, 4) is 22.6 Å². The van der Waals surface area contributed by atoms with Crippen molar-refractivity contribution in [2.75, 3.05) is 17.1 Å². The van der Waals surface area contributed by atoms with Crippen molar-refractivity contribution >= 4 is 15.7 Å². The number of aryl methyl sites for hydroxylation is 1. The van der Waals surface area contributed by atoms with Gasteiger partial charge in [-0.1, -0.05) is 24.3 Å². The highest BCUT2D eigenvalue weighted by Crippen LogP contribution is 2.33. The second-order valence-corrected chi connectivity index (χ2v) is 8.85. The topological polar surface area (TPSA) is 55.2 Å². The van der Waals surface area contributed by atoms with E-state index in [2.05, 4.69) is 4.98 Å². The molecule has 0 aliphatic carbocycles. The van der Waals surface area contributed by atoms with Crippen LogP contribution >= 0.6 is 0 Å². The maximum atomic E-state index is 13.0. The summed E-state index contributed by atoms with van der Waals surface area (Å²) in [4.78, 5) is 4.48. The average molecular weight is 423 g/mol. The predicted molar refractivity (Wildman–Crippen MR) is 107 cm³/mol. The first-order valence-electron chi connectivity index (χ1n) is 8.81. The Balaban J connectivity index is 2.01. The predicted octanol–water partition coefficient (Wildman–Crippen LogP) is 4.56. The van der Waals surface area contributed by atoms with Crippen LogP contribution in [0, 0.1) is 0 Å². The lowest BCUT2D eigenvalue weighted by atomic mass is 10.1. The molecule has 1 heterocycles. The van der Waals surface area contributed by atoms with Gasteiger partial charge in [0, 0.05) is 31.4 Å². The highest BCUT2D eigenvalue weighted by molar-refractivity contribution is 7.92. The summed E-state index contributed by atoms with van der Waals surface area (Å²) >= 11 is 0. The normalized spacial score (nSPS) is 12.2. The second kappa shape index (κ2) is 7.55. The van der Waals surface area contributed by atoms with E-state index in [-0.39, 0.29) is 5.75 Å². The Morgan fingerprint density at radius 3 is 2.38 bits per heavy atom. The van der Waals surface area contributed by atoms with Crippen molar-refractivity contribution in [3.05, 3.63) is 60.3 Å². The van der Waals surface area contributed by atoms with E-state index in [1.54, 1.807) is 55.1 Å².